The van der Waals surface area contributed by atoms with Gasteiger partial charge in [0.25, 0.3) is 0 Å². The fourth-order valence-electron chi connectivity index (χ4n) is 2.90. The smallest absolute Gasteiger partial charge is 0.231 e. The van der Waals surface area contributed by atoms with Crippen molar-refractivity contribution in [2.45, 2.75) is 29.9 Å². The van der Waals surface area contributed by atoms with E-state index in [0.29, 0.717) is 19.0 Å². The molecule has 1 amide bonds. The number of fused-ring (bicyclic) bond motifs is 1. The zero-order valence-corrected chi connectivity index (χ0v) is 13.0. The van der Waals surface area contributed by atoms with Crippen LogP contribution in [0, 0.1) is 0 Å². The lowest BCUT2D eigenvalue weighted by atomic mass is 9.99. The van der Waals surface area contributed by atoms with E-state index in [0.717, 1.165) is 5.75 Å². The Labute approximate surface area is 128 Å². The second kappa shape index (κ2) is 5.96. The summed E-state index contributed by atoms with van der Waals surface area (Å²) in [4.78, 5) is 15.9. The van der Waals surface area contributed by atoms with Crippen molar-refractivity contribution in [2.75, 3.05) is 24.7 Å². The number of halogens is 1. The van der Waals surface area contributed by atoms with Crippen molar-refractivity contribution in [3.05, 3.63) is 29.8 Å². The van der Waals surface area contributed by atoms with Gasteiger partial charge in [-0.05, 0) is 18.6 Å². The number of carbonyl (C=O) groups excluding carboxylic acids is 1. The first-order valence-corrected chi connectivity index (χ1v) is 8.43. The second-order valence-corrected chi connectivity index (χ2v) is 6.74. The molecular weight excluding hydrogens is 294 g/mol. The van der Waals surface area contributed by atoms with Gasteiger partial charge in [0.15, 0.2) is 0 Å². The number of morpholine rings is 1. The predicted molar refractivity (Wildman–Crippen MR) is 81.5 cm³/mol. The van der Waals surface area contributed by atoms with Crippen LogP contribution in [-0.4, -0.2) is 47.7 Å². The second-order valence-electron chi connectivity index (χ2n) is 5.37. The van der Waals surface area contributed by atoms with Gasteiger partial charge in [-0.3, -0.25) is 4.79 Å². The summed E-state index contributed by atoms with van der Waals surface area (Å²) >= 11 is 7.66. The minimum atomic E-state index is -0.0475. The molecule has 0 bridgehead atoms. The molecule has 3 nitrogen and oxygen atoms in total. The Balaban J connectivity index is 1.76. The SMILES string of the molecule is CC1CN(C(=O)C2CSc3ccccc32)CC(CCl)O1. The first-order valence-electron chi connectivity index (χ1n) is 6.91. The quantitative estimate of drug-likeness (QED) is 0.787. The lowest BCUT2D eigenvalue weighted by Gasteiger charge is -2.37. The molecule has 2 heterocycles. The van der Waals surface area contributed by atoms with Crippen LogP contribution in [0.4, 0.5) is 0 Å². The van der Waals surface area contributed by atoms with Crippen LogP contribution in [0.3, 0.4) is 0 Å². The monoisotopic (exact) mass is 311 g/mol. The Morgan fingerprint density at radius 1 is 1.45 bits per heavy atom. The number of hydrogen-bond acceptors (Lipinski definition) is 3. The first kappa shape index (κ1) is 14.2. The van der Waals surface area contributed by atoms with E-state index >= 15 is 0 Å². The van der Waals surface area contributed by atoms with Crippen molar-refractivity contribution in [3.8, 4) is 0 Å². The van der Waals surface area contributed by atoms with Gasteiger partial charge in [0.2, 0.25) is 5.91 Å². The largest absolute Gasteiger partial charge is 0.370 e. The van der Waals surface area contributed by atoms with E-state index in [2.05, 4.69) is 12.1 Å². The Morgan fingerprint density at radius 2 is 2.25 bits per heavy atom. The fourth-order valence-corrected chi connectivity index (χ4v) is 4.29. The number of ether oxygens (including phenoxy) is 1. The molecule has 1 aromatic carbocycles. The normalized spacial score (nSPS) is 29.3. The van der Waals surface area contributed by atoms with E-state index in [4.69, 9.17) is 16.3 Å². The highest BCUT2D eigenvalue weighted by atomic mass is 35.5. The van der Waals surface area contributed by atoms with Crippen LogP contribution in [0.15, 0.2) is 29.2 Å². The molecule has 0 spiro atoms. The number of nitrogens with zero attached hydrogens (tertiary/aromatic N) is 1. The molecule has 2 aliphatic heterocycles. The molecule has 0 N–H and O–H groups in total. The molecule has 1 saturated heterocycles. The van der Waals surface area contributed by atoms with Crippen LogP contribution in [0.25, 0.3) is 0 Å². The lowest BCUT2D eigenvalue weighted by Crippen LogP contribution is -2.51. The number of rotatable bonds is 2. The molecule has 1 fully saturated rings. The molecule has 5 heteroatoms. The van der Waals surface area contributed by atoms with Crippen molar-refractivity contribution >= 4 is 29.3 Å². The molecular formula is C15H18ClNO2S. The molecule has 0 saturated carbocycles. The van der Waals surface area contributed by atoms with Crippen molar-refractivity contribution in [3.63, 3.8) is 0 Å². The zero-order valence-electron chi connectivity index (χ0n) is 11.4. The Morgan fingerprint density at radius 3 is 3.05 bits per heavy atom. The number of amides is 1. The number of benzene rings is 1. The van der Waals surface area contributed by atoms with Crippen LogP contribution in [0.5, 0.6) is 0 Å². The summed E-state index contributed by atoms with van der Waals surface area (Å²) in [6, 6.07) is 8.20. The third-order valence-corrected chi connectivity index (χ3v) is 5.34. The predicted octanol–water partition coefficient (Wildman–Crippen LogP) is 2.73. The lowest BCUT2D eigenvalue weighted by molar-refractivity contribution is -0.144. The van der Waals surface area contributed by atoms with Crippen LogP contribution in [-0.2, 0) is 9.53 Å². The highest BCUT2D eigenvalue weighted by Gasteiger charge is 2.35. The maximum atomic E-state index is 12.8. The van der Waals surface area contributed by atoms with Gasteiger partial charge in [-0.25, -0.2) is 0 Å². The Hall–Kier alpha value is -0.710. The number of carbonyl (C=O) groups is 1. The third-order valence-electron chi connectivity index (χ3n) is 3.81. The Bertz CT molecular complexity index is 510. The summed E-state index contributed by atoms with van der Waals surface area (Å²) in [7, 11) is 0. The van der Waals surface area contributed by atoms with Crippen molar-refractivity contribution in [1.82, 2.24) is 4.90 Å². The number of alkyl halides is 1. The van der Waals surface area contributed by atoms with Crippen LogP contribution in [0.1, 0.15) is 18.4 Å². The van der Waals surface area contributed by atoms with Crippen molar-refractivity contribution in [2.24, 2.45) is 0 Å². The van der Waals surface area contributed by atoms with Gasteiger partial charge >= 0.3 is 0 Å². The molecule has 3 atom stereocenters. The van der Waals surface area contributed by atoms with E-state index in [-0.39, 0.29) is 24.0 Å². The average molecular weight is 312 g/mol. The molecule has 3 unspecified atom stereocenters. The van der Waals surface area contributed by atoms with E-state index in [1.807, 2.05) is 24.0 Å². The number of hydrogen-bond donors (Lipinski definition) is 0. The highest BCUT2D eigenvalue weighted by Crippen LogP contribution is 2.40. The summed E-state index contributed by atoms with van der Waals surface area (Å²) in [6.07, 6.45) is 0.00872. The van der Waals surface area contributed by atoms with Gasteiger partial charge in [-0.2, -0.15) is 0 Å². The van der Waals surface area contributed by atoms with Gasteiger partial charge in [0, 0.05) is 23.7 Å². The van der Waals surface area contributed by atoms with Gasteiger partial charge in [0.1, 0.15) is 0 Å². The third kappa shape index (κ3) is 2.69. The summed E-state index contributed by atoms with van der Waals surface area (Å²) in [5.41, 5.74) is 1.17. The topological polar surface area (TPSA) is 29.5 Å². The molecule has 3 rings (SSSR count). The molecule has 1 aromatic rings. The number of thioether (sulfide) groups is 1. The minimum absolute atomic E-state index is 0.0162. The highest BCUT2D eigenvalue weighted by molar-refractivity contribution is 7.99. The van der Waals surface area contributed by atoms with Crippen LogP contribution < -0.4 is 0 Å². The first-order chi connectivity index (χ1) is 9.69. The van der Waals surface area contributed by atoms with Gasteiger partial charge in [0.05, 0.1) is 24.0 Å². The van der Waals surface area contributed by atoms with Crippen LogP contribution in [0.2, 0.25) is 0 Å². The van der Waals surface area contributed by atoms with Gasteiger partial charge < -0.3 is 9.64 Å². The molecule has 108 valence electrons. The molecule has 20 heavy (non-hydrogen) atoms. The van der Waals surface area contributed by atoms with E-state index in [1.54, 1.807) is 11.8 Å². The van der Waals surface area contributed by atoms with Gasteiger partial charge in [-0.1, -0.05) is 18.2 Å². The minimum Gasteiger partial charge on any atom is -0.370 e. The summed E-state index contributed by atoms with van der Waals surface area (Å²) in [5, 5.41) is 0. The summed E-state index contributed by atoms with van der Waals surface area (Å²) in [6.45, 7) is 3.27. The fraction of sp³-hybridized carbons (Fsp3) is 0.533. The Kier molecular flexibility index (Phi) is 4.24. The maximum absolute atomic E-state index is 12.8. The summed E-state index contributed by atoms with van der Waals surface area (Å²) in [5.74, 6) is 1.48. The van der Waals surface area contributed by atoms with E-state index in [1.165, 1.54) is 10.5 Å². The van der Waals surface area contributed by atoms with E-state index < -0.39 is 0 Å². The van der Waals surface area contributed by atoms with Crippen LogP contribution >= 0.6 is 23.4 Å². The van der Waals surface area contributed by atoms with Crippen molar-refractivity contribution < 1.29 is 9.53 Å². The molecule has 0 aliphatic carbocycles. The van der Waals surface area contributed by atoms with E-state index in [9.17, 15) is 4.79 Å². The average Bonchev–Trinajstić information content (AvgIpc) is 2.89. The van der Waals surface area contributed by atoms with Gasteiger partial charge in [-0.15, -0.1) is 23.4 Å². The molecule has 2 aliphatic rings. The molecule has 0 aromatic heterocycles. The zero-order chi connectivity index (χ0) is 14.1. The maximum Gasteiger partial charge on any atom is 0.231 e. The molecule has 0 radical (unpaired) electrons. The standard InChI is InChI=1S/C15H18ClNO2S/c1-10-7-17(8-11(6-16)19-10)15(18)13-9-20-14-5-3-2-4-12(13)14/h2-5,10-11,13H,6-9H2,1H3. The summed E-state index contributed by atoms with van der Waals surface area (Å²) < 4.78 is 5.72. The van der Waals surface area contributed by atoms with Crippen molar-refractivity contribution in [1.29, 1.82) is 0 Å².